The average molecular weight is 398 g/mol. The van der Waals surface area contributed by atoms with Crippen molar-refractivity contribution in [3.8, 4) is 0 Å². The van der Waals surface area contributed by atoms with E-state index in [9.17, 15) is 12.8 Å². The Bertz CT molecular complexity index is 793. The third-order valence-electron chi connectivity index (χ3n) is 6.03. The lowest BCUT2D eigenvalue weighted by Gasteiger charge is -2.37. The lowest BCUT2D eigenvalue weighted by atomic mass is 9.95. The summed E-state index contributed by atoms with van der Waals surface area (Å²) < 4.78 is 40.6. The number of rotatable bonds is 3. The Labute approximate surface area is 159 Å². The minimum Gasteiger partial charge on any atom is -0.360 e. The third kappa shape index (κ3) is 3.34. The van der Waals surface area contributed by atoms with Gasteiger partial charge in [-0.15, -0.1) is 0 Å². The van der Waals surface area contributed by atoms with Gasteiger partial charge in [-0.2, -0.15) is 4.31 Å². The zero-order chi connectivity index (χ0) is 18.3. The highest BCUT2D eigenvalue weighted by molar-refractivity contribution is 7.89. The smallest absolute Gasteiger partial charge is 0.246 e. The van der Waals surface area contributed by atoms with Crippen molar-refractivity contribution in [2.45, 2.75) is 36.6 Å². The molecule has 2 bridgehead atoms. The molecule has 0 spiro atoms. The Kier molecular flexibility index (Phi) is 4.92. The van der Waals surface area contributed by atoms with Gasteiger partial charge in [-0.1, -0.05) is 18.6 Å². The standard InChI is InChI=1S/C18H24FN3O2S2/c19-15-3-1-2-4-17(15)26(23,24)22-9-7-21(8-10-22)18(25)20-16-12-13-5-6-14(16)11-13/h1-4,13-14,16H,5-12H2,(H,20,25). The van der Waals surface area contributed by atoms with Gasteiger partial charge in [0, 0.05) is 32.2 Å². The molecule has 142 valence electrons. The molecule has 1 aromatic rings. The van der Waals surface area contributed by atoms with Gasteiger partial charge in [0.15, 0.2) is 5.11 Å². The molecular formula is C18H24FN3O2S2. The van der Waals surface area contributed by atoms with Crippen LogP contribution in [-0.4, -0.2) is 55.0 Å². The maximum Gasteiger partial charge on any atom is 0.246 e. The molecule has 3 atom stereocenters. The van der Waals surface area contributed by atoms with Crippen LogP contribution in [0.1, 0.15) is 25.7 Å². The maximum atomic E-state index is 13.9. The third-order valence-corrected chi connectivity index (χ3v) is 8.34. The van der Waals surface area contributed by atoms with Crippen molar-refractivity contribution in [2.24, 2.45) is 11.8 Å². The fraction of sp³-hybridized carbons (Fsp3) is 0.611. The summed E-state index contributed by atoms with van der Waals surface area (Å²) in [7, 11) is -3.80. The summed E-state index contributed by atoms with van der Waals surface area (Å²) in [6, 6.07) is 6.00. The summed E-state index contributed by atoms with van der Waals surface area (Å²) in [5.74, 6) is 0.882. The minimum absolute atomic E-state index is 0.254. The van der Waals surface area contributed by atoms with Crippen LogP contribution in [0.4, 0.5) is 4.39 Å². The first kappa shape index (κ1) is 18.1. The lowest BCUT2D eigenvalue weighted by Crippen LogP contribution is -2.55. The molecule has 3 unspecified atom stereocenters. The normalized spacial score (nSPS) is 29.1. The van der Waals surface area contributed by atoms with Gasteiger partial charge in [0.25, 0.3) is 0 Å². The molecule has 1 heterocycles. The summed E-state index contributed by atoms with van der Waals surface area (Å²) in [6.07, 6.45) is 5.16. The van der Waals surface area contributed by atoms with Crippen LogP contribution >= 0.6 is 12.2 Å². The summed E-state index contributed by atoms with van der Waals surface area (Å²) in [6.45, 7) is 1.69. The number of sulfonamides is 1. The van der Waals surface area contributed by atoms with Crippen LogP contribution in [0.2, 0.25) is 0 Å². The van der Waals surface area contributed by atoms with E-state index in [-0.39, 0.29) is 4.90 Å². The maximum absolute atomic E-state index is 13.9. The predicted molar refractivity (Wildman–Crippen MR) is 102 cm³/mol. The molecule has 8 heteroatoms. The predicted octanol–water partition coefficient (Wildman–Crippen LogP) is 2.20. The highest BCUT2D eigenvalue weighted by Gasteiger charge is 2.40. The van der Waals surface area contributed by atoms with Gasteiger partial charge in [0.2, 0.25) is 10.0 Å². The van der Waals surface area contributed by atoms with E-state index in [4.69, 9.17) is 12.2 Å². The van der Waals surface area contributed by atoms with E-state index >= 15 is 0 Å². The van der Waals surface area contributed by atoms with E-state index in [1.165, 1.54) is 48.2 Å². The van der Waals surface area contributed by atoms with Crippen LogP contribution in [0.15, 0.2) is 29.2 Å². The lowest BCUT2D eigenvalue weighted by molar-refractivity contribution is 0.258. The van der Waals surface area contributed by atoms with Crippen LogP contribution in [0.5, 0.6) is 0 Å². The van der Waals surface area contributed by atoms with Gasteiger partial charge in [0.05, 0.1) is 0 Å². The molecule has 1 aromatic carbocycles. The van der Waals surface area contributed by atoms with E-state index in [0.717, 1.165) is 16.9 Å². The van der Waals surface area contributed by atoms with Crippen LogP contribution in [-0.2, 0) is 10.0 Å². The van der Waals surface area contributed by atoms with Crippen molar-refractivity contribution >= 4 is 27.4 Å². The highest BCUT2D eigenvalue weighted by Crippen LogP contribution is 2.44. The van der Waals surface area contributed by atoms with Crippen LogP contribution in [0.25, 0.3) is 0 Å². The summed E-state index contributed by atoms with van der Waals surface area (Å²) >= 11 is 5.56. The molecule has 0 amide bonds. The topological polar surface area (TPSA) is 52.7 Å². The van der Waals surface area contributed by atoms with Crippen molar-refractivity contribution in [1.29, 1.82) is 0 Å². The van der Waals surface area contributed by atoms with Crippen molar-refractivity contribution in [1.82, 2.24) is 14.5 Å². The van der Waals surface area contributed by atoms with E-state index in [0.29, 0.717) is 32.2 Å². The van der Waals surface area contributed by atoms with Gasteiger partial charge in [-0.05, 0) is 55.4 Å². The fourth-order valence-electron chi connectivity index (χ4n) is 4.60. The molecular weight excluding hydrogens is 373 g/mol. The molecule has 1 N–H and O–H groups in total. The molecule has 4 rings (SSSR count). The molecule has 1 aliphatic heterocycles. The average Bonchev–Trinajstić information content (AvgIpc) is 3.25. The number of fused-ring (bicyclic) bond motifs is 2. The van der Waals surface area contributed by atoms with E-state index in [1.807, 2.05) is 4.90 Å². The first-order valence-electron chi connectivity index (χ1n) is 9.25. The largest absolute Gasteiger partial charge is 0.360 e. The number of nitrogens with zero attached hydrogens (tertiary/aromatic N) is 2. The zero-order valence-corrected chi connectivity index (χ0v) is 16.2. The zero-order valence-electron chi connectivity index (χ0n) is 14.6. The molecule has 3 aliphatic rings. The molecule has 2 saturated carbocycles. The molecule has 5 nitrogen and oxygen atoms in total. The Morgan fingerprint density at radius 3 is 2.46 bits per heavy atom. The Balaban J connectivity index is 1.35. The summed E-state index contributed by atoms with van der Waals surface area (Å²) in [5.41, 5.74) is 0. The Morgan fingerprint density at radius 1 is 1.12 bits per heavy atom. The molecule has 1 saturated heterocycles. The Morgan fingerprint density at radius 2 is 1.85 bits per heavy atom. The quantitative estimate of drug-likeness (QED) is 0.793. The highest BCUT2D eigenvalue weighted by atomic mass is 32.2. The minimum atomic E-state index is -3.80. The molecule has 0 radical (unpaired) electrons. The number of benzene rings is 1. The molecule has 2 aliphatic carbocycles. The number of nitrogens with one attached hydrogen (secondary N) is 1. The number of piperazine rings is 1. The van der Waals surface area contributed by atoms with E-state index in [2.05, 4.69) is 5.32 Å². The van der Waals surface area contributed by atoms with Gasteiger partial charge in [-0.25, -0.2) is 12.8 Å². The van der Waals surface area contributed by atoms with Gasteiger partial charge in [-0.3, -0.25) is 0 Å². The number of hydrogen-bond donors (Lipinski definition) is 1. The van der Waals surface area contributed by atoms with Crippen LogP contribution in [0, 0.1) is 17.7 Å². The second kappa shape index (κ2) is 7.05. The monoisotopic (exact) mass is 397 g/mol. The van der Waals surface area contributed by atoms with Crippen LogP contribution in [0.3, 0.4) is 0 Å². The first-order valence-corrected chi connectivity index (χ1v) is 11.1. The van der Waals surface area contributed by atoms with E-state index in [1.54, 1.807) is 6.07 Å². The van der Waals surface area contributed by atoms with E-state index < -0.39 is 15.8 Å². The van der Waals surface area contributed by atoms with Gasteiger partial charge >= 0.3 is 0 Å². The number of halogens is 1. The SMILES string of the molecule is O=S(=O)(c1ccccc1F)N1CCN(C(=S)NC2CC3CCC2C3)CC1. The van der Waals surface area contributed by atoms with Gasteiger partial charge < -0.3 is 10.2 Å². The summed E-state index contributed by atoms with van der Waals surface area (Å²) in [4.78, 5) is 1.78. The Hall–Kier alpha value is -1.25. The summed E-state index contributed by atoms with van der Waals surface area (Å²) in [5, 5.41) is 4.23. The molecule has 3 fully saturated rings. The fourth-order valence-corrected chi connectivity index (χ4v) is 6.42. The van der Waals surface area contributed by atoms with Gasteiger partial charge in [0.1, 0.15) is 10.7 Å². The number of thiocarbonyl (C=S) groups is 1. The number of hydrogen-bond acceptors (Lipinski definition) is 3. The van der Waals surface area contributed by atoms with Crippen LogP contribution < -0.4 is 5.32 Å². The second-order valence-electron chi connectivity index (χ2n) is 7.55. The molecule has 26 heavy (non-hydrogen) atoms. The van der Waals surface area contributed by atoms with Crippen molar-refractivity contribution < 1.29 is 12.8 Å². The second-order valence-corrected chi connectivity index (χ2v) is 9.85. The van der Waals surface area contributed by atoms with Crippen molar-refractivity contribution in [3.63, 3.8) is 0 Å². The first-order chi connectivity index (χ1) is 12.4. The van der Waals surface area contributed by atoms with Crippen molar-refractivity contribution in [2.75, 3.05) is 26.2 Å². The molecule has 0 aromatic heterocycles. The van der Waals surface area contributed by atoms with Crippen molar-refractivity contribution in [3.05, 3.63) is 30.1 Å².